The molecular formula is C11H20N4O2S. The van der Waals surface area contributed by atoms with Crippen LogP contribution >= 0.6 is 11.8 Å². The van der Waals surface area contributed by atoms with Crippen molar-refractivity contribution in [2.24, 2.45) is 0 Å². The van der Waals surface area contributed by atoms with Gasteiger partial charge < -0.3 is 9.84 Å². The number of carbonyl (C=O) groups is 1. The summed E-state index contributed by atoms with van der Waals surface area (Å²) < 4.78 is 5.15. The van der Waals surface area contributed by atoms with Crippen molar-refractivity contribution in [2.75, 3.05) is 20.4 Å². The van der Waals surface area contributed by atoms with Gasteiger partial charge in [0.2, 0.25) is 11.8 Å². The molecular weight excluding hydrogens is 252 g/mol. The molecule has 0 saturated heterocycles. The molecule has 1 aromatic rings. The number of aromatic nitrogens is 2. The number of thioether (sulfide) groups is 1. The molecule has 1 atom stereocenters. The van der Waals surface area contributed by atoms with Gasteiger partial charge in [-0.3, -0.25) is 9.69 Å². The van der Waals surface area contributed by atoms with Gasteiger partial charge in [-0.15, -0.1) is 0 Å². The van der Waals surface area contributed by atoms with Crippen LogP contribution in [0.4, 0.5) is 0 Å². The van der Waals surface area contributed by atoms with E-state index >= 15 is 0 Å². The van der Waals surface area contributed by atoms with Crippen molar-refractivity contribution in [3.63, 3.8) is 0 Å². The van der Waals surface area contributed by atoms with Gasteiger partial charge in [0, 0.05) is 19.5 Å². The molecule has 0 aliphatic carbocycles. The van der Waals surface area contributed by atoms with E-state index in [1.807, 2.05) is 25.1 Å². The predicted molar refractivity (Wildman–Crippen MR) is 71.1 cm³/mol. The Bertz CT molecular complexity index is 383. The monoisotopic (exact) mass is 272 g/mol. The average molecular weight is 272 g/mol. The zero-order valence-corrected chi connectivity index (χ0v) is 12.1. The first-order valence-corrected chi connectivity index (χ1v) is 7.17. The first-order chi connectivity index (χ1) is 8.56. The summed E-state index contributed by atoms with van der Waals surface area (Å²) in [5, 5.41) is 6.50. The van der Waals surface area contributed by atoms with Crippen LogP contribution in [0.25, 0.3) is 0 Å². The van der Waals surface area contributed by atoms with Gasteiger partial charge in [0.25, 0.3) is 0 Å². The Kier molecular flexibility index (Phi) is 6.14. The molecule has 6 nitrogen and oxygen atoms in total. The number of amides is 1. The summed E-state index contributed by atoms with van der Waals surface area (Å²) in [6, 6.07) is 0.126. The van der Waals surface area contributed by atoms with Crippen molar-refractivity contribution in [1.29, 1.82) is 0 Å². The largest absolute Gasteiger partial charge is 0.359 e. The van der Waals surface area contributed by atoms with Gasteiger partial charge >= 0.3 is 0 Å². The summed E-state index contributed by atoms with van der Waals surface area (Å²) in [7, 11) is 3.58. The molecule has 1 amide bonds. The summed E-state index contributed by atoms with van der Waals surface area (Å²) in [5.74, 6) is 2.08. The molecule has 0 bridgehead atoms. The van der Waals surface area contributed by atoms with Crippen molar-refractivity contribution < 1.29 is 9.32 Å². The Morgan fingerprint density at radius 2 is 2.33 bits per heavy atom. The number of hydrogen-bond acceptors (Lipinski definition) is 6. The molecule has 0 aliphatic rings. The van der Waals surface area contributed by atoms with Gasteiger partial charge in [-0.1, -0.05) is 5.16 Å². The molecule has 1 heterocycles. The lowest BCUT2D eigenvalue weighted by Crippen LogP contribution is -2.33. The van der Waals surface area contributed by atoms with Crippen molar-refractivity contribution in [2.45, 2.75) is 31.7 Å². The summed E-state index contributed by atoms with van der Waals surface area (Å²) in [4.78, 5) is 17.6. The number of nitrogens with zero attached hydrogens (tertiary/aromatic N) is 3. The second-order valence-electron chi connectivity index (χ2n) is 4.18. The highest BCUT2D eigenvalue weighted by molar-refractivity contribution is 7.97. The Labute approximate surface area is 111 Å². The van der Waals surface area contributed by atoms with Crippen molar-refractivity contribution in [3.8, 4) is 0 Å². The summed E-state index contributed by atoms with van der Waals surface area (Å²) in [5.41, 5.74) is 0. The second kappa shape index (κ2) is 7.38. The normalized spacial score (nSPS) is 12.7. The summed E-state index contributed by atoms with van der Waals surface area (Å²) in [6.45, 7) is 2.55. The van der Waals surface area contributed by atoms with Crippen LogP contribution in [0.5, 0.6) is 0 Å². The minimum absolute atomic E-state index is 0.0305. The average Bonchev–Trinajstić information content (AvgIpc) is 2.76. The van der Waals surface area contributed by atoms with E-state index in [0.717, 1.165) is 5.75 Å². The van der Waals surface area contributed by atoms with E-state index < -0.39 is 0 Å². The third kappa shape index (κ3) is 4.66. The van der Waals surface area contributed by atoms with Crippen molar-refractivity contribution in [1.82, 2.24) is 20.4 Å². The molecule has 1 N–H and O–H groups in total. The fourth-order valence-electron chi connectivity index (χ4n) is 1.44. The number of nitrogens with one attached hydrogen (secondary N) is 1. The van der Waals surface area contributed by atoms with Gasteiger partial charge in [-0.25, -0.2) is 0 Å². The van der Waals surface area contributed by atoms with E-state index in [1.54, 1.807) is 18.8 Å². The molecule has 102 valence electrons. The third-order valence-corrected chi connectivity index (χ3v) is 3.23. The Hall–Kier alpha value is -1.08. The predicted octanol–water partition coefficient (Wildman–Crippen LogP) is 0.889. The minimum Gasteiger partial charge on any atom is -0.359 e. The van der Waals surface area contributed by atoms with E-state index in [0.29, 0.717) is 24.7 Å². The number of carbonyl (C=O) groups excluding carboxylic acids is 1. The fourth-order valence-corrected chi connectivity index (χ4v) is 1.81. The maximum absolute atomic E-state index is 11.3. The van der Waals surface area contributed by atoms with Crippen LogP contribution in [0.1, 0.15) is 25.1 Å². The number of hydrogen-bond donors (Lipinski definition) is 1. The third-order valence-electron chi connectivity index (χ3n) is 2.68. The first-order valence-electron chi connectivity index (χ1n) is 5.78. The maximum atomic E-state index is 11.3. The molecule has 1 aromatic heterocycles. The van der Waals surface area contributed by atoms with Crippen molar-refractivity contribution >= 4 is 17.7 Å². The SMILES string of the molecule is CNC(=O)C[C@H](C)N(C)Cc1nc(CSC)no1. The van der Waals surface area contributed by atoms with Crippen LogP contribution < -0.4 is 5.32 Å². The topological polar surface area (TPSA) is 71.3 Å². The molecule has 0 fully saturated rings. The van der Waals surface area contributed by atoms with Crippen LogP contribution in [-0.2, 0) is 17.1 Å². The molecule has 0 spiro atoms. The smallest absolute Gasteiger partial charge is 0.240 e. The van der Waals surface area contributed by atoms with E-state index in [2.05, 4.69) is 15.5 Å². The van der Waals surface area contributed by atoms with E-state index in [4.69, 9.17) is 4.52 Å². The Morgan fingerprint density at radius 3 is 2.94 bits per heavy atom. The quantitative estimate of drug-likeness (QED) is 0.795. The molecule has 7 heteroatoms. The standard InChI is InChI=1S/C11H20N4O2S/c1-8(5-10(16)12-2)15(3)6-11-13-9(7-18-4)14-17-11/h8H,5-7H2,1-4H3,(H,12,16)/t8-/m0/s1. The maximum Gasteiger partial charge on any atom is 0.240 e. The molecule has 1 rings (SSSR count). The fraction of sp³-hybridized carbons (Fsp3) is 0.727. The van der Waals surface area contributed by atoms with Crippen LogP contribution in [0, 0.1) is 0 Å². The van der Waals surface area contributed by atoms with Gasteiger partial charge in [-0.2, -0.15) is 16.7 Å². The van der Waals surface area contributed by atoms with Gasteiger partial charge in [0.05, 0.1) is 12.3 Å². The lowest BCUT2D eigenvalue weighted by molar-refractivity contribution is -0.121. The second-order valence-corrected chi connectivity index (χ2v) is 5.04. The van der Waals surface area contributed by atoms with E-state index in [1.165, 1.54) is 0 Å². The highest BCUT2D eigenvalue weighted by atomic mass is 32.2. The van der Waals surface area contributed by atoms with E-state index in [9.17, 15) is 4.79 Å². The van der Waals surface area contributed by atoms with Crippen molar-refractivity contribution in [3.05, 3.63) is 11.7 Å². The molecule has 18 heavy (non-hydrogen) atoms. The zero-order chi connectivity index (χ0) is 13.5. The molecule has 0 aromatic carbocycles. The number of rotatable bonds is 7. The van der Waals surface area contributed by atoms with E-state index in [-0.39, 0.29) is 11.9 Å². The summed E-state index contributed by atoms with van der Waals surface area (Å²) in [6.07, 6.45) is 2.45. The van der Waals surface area contributed by atoms with Gasteiger partial charge in [0.15, 0.2) is 5.82 Å². The molecule has 0 aliphatic heterocycles. The molecule has 0 saturated carbocycles. The lowest BCUT2D eigenvalue weighted by Gasteiger charge is -2.22. The summed E-state index contributed by atoms with van der Waals surface area (Å²) >= 11 is 1.65. The Morgan fingerprint density at radius 1 is 1.61 bits per heavy atom. The first kappa shape index (κ1) is 15.0. The minimum atomic E-state index is 0.0305. The van der Waals surface area contributed by atoms with Gasteiger partial charge in [-0.05, 0) is 20.2 Å². The molecule has 0 radical (unpaired) electrons. The lowest BCUT2D eigenvalue weighted by atomic mass is 10.2. The van der Waals surface area contributed by atoms with Crippen LogP contribution in [-0.4, -0.2) is 47.3 Å². The highest BCUT2D eigenvalue weighted by Gasteiger charge is 2.16. The van der Waals surface area contributed by atoms with Crippen LogP contribution in [0.2, 0.25) is 0 Å². The zero-order valence-electron chi connectivity index (χ0n) is 11.3. The van der Waals surface area contributed by atoms with Crippen LogP contribution in [0.3, 0.4) is 0 Å². The molecule has 0 unspecified atom stereocenters. The van der Waals surface area contributed by atoms with Crippen LogP contribution in [0.15, 0.2) is 4.52 Å². The Balaban J connectivity index is 2.47. The van der Waals surface area contributed by atoms with Gasteiger partial charge in [0.1, 0.15) is 0 Å². The highest BCUT2D eigenvalue weighted by Crippen LogP contribution is 2.09.